The SMILES string of the molecule is CC.CC(C)(C)OC(=O)CCCC(NC(=O)C(CCc1ccccc1)NSCc1ccccc1)C(=O)NCc1ccc(C(=N)N)cc1. The van der Waals surface area contributed by atoms with Crippen LogP contribution >= 0.6 is 11.9 Å². The van der Waals surface area contributed by atoms with Crippen LogP contribution in [0.25, 0.3) is 0 Å². The number of amides is 2. The van der Waals surface area contributed by atoms with E-state index in [4.69, 9.17) is 15.9 Å². The molecule has 0 fully saturated rings. The van der Waals surface area contributed by atoms with E-state index in [1.54, 1.807) is 24.3 Å². The Labute approximate surface area is 284 Å². The van der Waals surface area contributed by atoms with Gasteiger partial charge in [-0.15, -0.1) is 0 Å². The summed E-state index contributed by atoms with van der Waals surface area (Å²) in [6.45, 7) is 9.66. The van der Waals surface area contributed by atoms with E-state index in [1.807, 2.05) is 95.3 Å². The number of nitrogen functional groups attached to an aromatic ring is 1. The van der Waals surface area contributed by atoms with Gasteiger partial charge in [-0.3, -0.25) is 24.5 Å². The van der Waals surface area contributed by atoms with Crippen LogP contribution in [0.2, 0.25) is 0 Å². The van der Waals surface area contributed by atoms with Gasteiger partial charge in [-0.25, -0.2) is 0 Å². The summed E-state index contributed by atoms with van der Waals surface area (Å²) in [7, 11) is 0. The zero-order chi connectivity index (χ0) is 34.7. The van der Waals surface area contributed by atoms with Crippen molar-refractivity contribution in [2.45, 2.75) is 96.7 Å². The molecule has 0 aliphatic heterocycles. The van der Waals surface area contributed by atoms with Crippen LogP contribution in [0, 0.1) is 5.41 Å². The number of rotatable bonds is 17. The molecule has 0 heterocycles. The lowest BCUT2D eigenvalue weighted by Gasteiger charge is -2.24. The van der Waals surface area contributed by atoms with Gasteiger partial charge in [0.2, 0.25) is 11.8 Å². The molecular formula is C37H51N5O4S. The zero-order valence-electron chi connectivity index (χ0n) is 28.3. The molecular weight excluding hydrogens is 611 g/mol. The second-order valence-corrected chi connectivity index (χ2v) is 12.7. The lowest BCUT2D eigenvalue weighted by molar-refractivity contribution is -0.155. The first kappa shape index (κ1) is 39.0. The molecule has 0 saturated carbocycles. The Morgan fingerprint density at radius 2 is 1.40 bits per heavy atom. The Balaban J connectivity index is 0.00000376. The van der Waals surface area contributed by atoms with Crippen LogP contribution < -0.4 is 21.1 Å². The Morgan fingerprint density at radius 3 is 1.98 bits per heavy atom. The molecule has 0 aliphatic carbocycles. The van der Waals surface area contributed by atoms with Gasteiger partial charge in [0.15, 0.2) is 0 Å². The number of aryl methyl sites for hydroxylation is 1. The number of esters is 1. The van der Waals surface area contributed by atoms with Gasteiger partial charge < -0.3 is 21.1 Å². The van der Waals surface area contributed by atoms with Gasteiger partial charge in [-0.2, -0.15) is 0 Å². The van der Waals surface area contributed by atoms with Crippen LogP contribution in [0.15, 0.2) is 84.9 Å². The number of nitrogens with one attached hydrogen (secondary N) is 4. The fourth-order valence-electron chi connectivity index (χ4n) is 4.50. The van der Waals surface area contributed by atoms with Gasteiger partial charge in [-0.1, -0.05) is 111 Å². The van der Waals surface area contributed by atoms with Gasteiger partial charge in [0, 0.05) is 24.3 Å². The number of hydrogen-bond acceptors (Lipinski definition) is 7. The van der Waals surface area contributed by atoms with E-state index in [0.717, 1.165) is 16.7 Å². The summed E-state index contributed by atoms with van der Waals surface area (Å²) in [6.07, 6.45) is 1.98. The third-order valence-corrected chi connectivity index (χ3v) is 7.78. The number of hydrogen-bond donors (Lipinski definition) is 5. The summed E-state index contributed by atoms with van der Waals surface area (Å²) in [5.74, 6) is -0.330. The van der Waals surface area contributed by atoms with E-state index in [2.05, 4.69) is 15.4 Å². The molecule has 3 aromatic rings. The predicted molar refractivity (Wildman–Crippen MR) is 192 cm³/mol. The molecule has 254 valence electrons. The molecule has 3 aromatic carbocycles. The molecule has 9 nitrogen and oxygen atoms in total. The molecule has 0 saturated heterocycles. The molecule has 0 spiro atoms. The number of amidine groups is 1. The third-order valence-electron chi connectivity index (χ3n) is 6.85. The van der Waals surface area contributed by atoms with Gasteiger partial charge >= 0.3 is 5.97 Å². The average Bonchev–Trinajstić information content (AvgIpc) is 3.05. The fourth-order valence-corrected chi connectivity index (χ4v) is 5.37. The summed E-state index contributed by atoms with van der Waals surface area (Å²) < 4.78 is 8.75. The molecule has 2 amide bonds. The lowest BCUT2D eigenvalue weighted by Crippen LogP contribution is -2.52. The van der Waals surface area contributed by atoms with Crippen molar-refractivity contribution in [2.24, 2.45) is 5.73 Å². The van der Waals surface area contributed by atoms with Crippen molar-refractivity contribution >= 4 is 35.6 Å². The lowest BCUT2D eigenvalue weighted by atomic mass is 10.0. The highest BCUT2D eigenvalue weighted by molar-refractivity contribution is 7.96. The standard InChI is InChI=1S/C35H45N5O4S.C2H6/c1-35(2,3)44-31(41)16-10-15-29(33(42)38-23-26-17-20-28(21-18-26)32(36)37)39-34(43)30(22-19-25-11-6-4-7-12-25)40-45-24-27-13-8-5-9-14-27;1-2/h4-9,11-14,17-18,20-21,29-30,40H,10,15-16,19,22-24H2,1-3H3,(H3,36,37)(H,38,42)(H,39,43);1-2H3. The van der Waals surface area contributed by atoms with Crippen molar-refractivity contribution in [1.82, 2.24) is 15.4 Å². The van der Waals surface area contributed by atoms with Crippen molar-refractivity contribution in [3.8, 4) is 0 Å². The van der Waals surface area contributed by atoms with Gasteiger partial charge in [0.05, 0.1) is 6.04 Å². The van der Waals surface area contributed by atoms with Crippen LogP contribution in [-0.2, 0) is 37.8 Å². The summed E-state index contributed by atoms with van der Waals surface area (Å²) in [4.78, 5) is 39.4. The monoisotopic (exact) mass is 661 g/mol. The summed E-state index contributed by atoms with van der Waals surface area (Å²) in [5, 5.41) is 13.4. The highest BCUT2D eigenvalue weighted by Gasteiger charge is 2.26. The molecule has 47 heavy (non-hydrogen) atoms. The van der Waals surface area contributed by atoms with Crippen molar-refractivity contribution in [2.75, 3.05) is 0 Å². The minimum atomic E-state index is -0.850. The Morgan fingerprint density at radius 1 is 0.809 bits per heavy atom. The molecule has 0 bridgehead atoms. The van der Waals surface area contributed by atoms with Crippen molar-refractivity contribution < 1.29 is 19.1 Å². The number of carbonyl (C=O) groups is 3. The van der Waals surface area contributed by atoms with Crippen LogP contribution in [-0.4, -0.2) is 41.3 Å². The second-order valence-electron chi connectivity index (χ2n) is 11.8. The molecule has 10 heteroatoms. The fraction of sp³-hybridized carbons (Fsp3) is 0.405. The normalized spacial score (nSPS) is 12.1. The number of carbonyl (C=O) groups excluding carboxylic acids is 3. The first-order valence-electron chi connectivity index (χ1n) is 16.2. The van der Waals surface area contributed by atoms with Crippen molar-refractivity contribution in [3.05, 3.63) is 107 Å². The summed E-state index contributed by atoms with van der Waals surface area (Å²) in [5.41, 5.74) is 8.61. The van der Waals surface area contributed by atoms with Crippen LogP contribution in [0.5, 0.6) is 0 Å². The maximum atomic E-state index is 13.7. The quantitative estimate of drug-likeness (QED) is 0.0512. The molecule has 3 rings (SSSR count). The summed E-state index contributed by atoms with van der Waals surface area (Å²) in [6, 6.07) is 25.6. The molecule has 0 radical (unpaired) electrons. The van der Waals surface area contributed by atoms with Crippen LogP contribution in [0.1, 0.15) is 82.6 Å². The van der Waals surface area contributed by atoms with E-state index >= 15 is 0 Å². The van der Waals surface area contributed by atoms with Crippen molar-refractivity contribution in [3.63, 3.8) is 0 Å². The largest absolute Gasteiger partial charge is 0.460 e. The Hall–Kier alpha value is -4.15. The minimum absolute atomic E-state index is 0.0318. The van der Waals surface area contributed by atoms with E-state index in [9.17, 15) is 14.4 Å². The smallest absolute Gasteiger partial charge is 0.306 e. The topological polar surface area (TPSA) is 146 Å². The van der Waals surface area contributed by atoms with Crippen molar-refractivity contribution in [1.29, 1.82) is 5.41 Å². The Bertz CT molecular complexity index is 1380. The van der Waals surface area contributed by atoms with Gasteiger partial charge in [0.25, 0.3) is 0 Å². The maximum Gasteiger partial charge on any atom is 0.306 e. The number of ether oxygens (including phenoxy) is 1. The minimum Gasteiger partial charge on any atom is -0.460 e. The molecule has 2 unspecified atom stereocenters. The highest BCUT2D eigenvalue weighted by Crippen LogP contribution is 2.15. The zero-order valence-corrected chi connectivity index (χ0v) is 29.1. The van der Waals surface area contributed by atoms with E-state index in [1.165, 1.54) is 11.9 Å². The van der Waals surface area contributed by atoms with Crippen LogP contribution in [0.3, 0.4) is 0 Å². The molecule has 0 aromatic heterocycles. The maximum absolute atomic E-state index is 13.7. The highest BCUT2D eigenvalue weighted by atomic mass is 32.2. The van der Waals surface area contributed by atoms with E-state index in [-0.39, 0.29) is 43.0 Å². The first-order valence-corrected chi connectivity index (χ1v) is 17.2. The van der Waals surface area contributed by atoms with Gasteiger partial charge in [0.1, 0.15) is 17.5 Å². The number of benzene rings is 3. The average molecular weight is 662 g/mol. The van der Waals surface area contributed by atoms with Gasteiger partial charge in [-0.05, 0) is 63.1 Å². The number of nitrogens with two attached hydrogens (primary N) is 1. The second kappa shape index (κ2) is 20.9. The predicted octanol–water partition coefficient (Wildman–Crippen LogP) is 6.05. The molecule has 0 aliphatic rings. The van der Waals surface area contributed by atoms with E-state index in [0.29, 0.717) is 30.6 Å². The summed E-state index contributed by atoms with van der Waals surface area (Å²) >= 11 is 1.45. The van der Waals surface area contributed by atoms with Crippen LogP contribution in [0.4, 0.5) is 0 Å². The first-order chi connectivity index (χ1) is 22.5. The van der Waals surface area contributed by atoms with E-state index < -0.39 is 17.7 Å². The third kappa shape index (κ3) is 15.8. The molecule has 6 N–H and O–H groups in total. The molecule has 2 atom stereocenters. The Kier molecular flexibility index (Phi) is 17.3.